The molecule has 0 aromatic heterocycles. The Morgan fingerprint density at radius 1 is 1.00 bits per heavy atom. The molecular weight excluding hydrogens is 274 g/mol. The van der Waals surface area contributed by atoms with Crippen LogP contribution >= 0.6 is 0 Å². The maximum atomic E-state index is 12.0. The Labute approximate surface area is 131 Å². The Kier molecular flexibility index (Phi) is 5.37. The summed E-state index contributed by atoms with van der Waals surface area (Å²) in [5.74, 6) is 0.0836. The fourth-order valence-electron chi connectivity index (χ4n) is 2.28. The third kappa shape index (κ3) is 3.98. The molecule has 0 atom stereocenters. The first kappa shape index (κ1) is 15.8. The summed E-state index contributed by atoms with van der Waals surface area (Å²) >= 11 is 0. The van der Waals surface area contributed by atoms with Crippen LogP contribution in [0.25, 0.3) is 6.08 Å². The molecule has 0 fully saturated rings. The average molecular weight is 295 g/mol. The second kappa shape index (κ2) is 7.46. The van der Waals surface area contributed by atoms with Crippen molar-refractivity contribution >= 4 is 17.5 Å². The maximum Gasteiger partial charge on any atom is 0.185 e. The number of allylic oxidation sites excluding steroid dienone is 1. The van der Waals surface area contributed by atoms with Crippen molar-refractivity contribution < 1.29 is 9.90 Å². The molecule has 0 aliphatic carbocycles. The number of carbonyl (C=O) groups is 1. The zero-order valence-electron chi connectivity index (χ0n) is 13.0. The normalized spacial score (nSPS) is 10.8. The summed E-state index contributed by atoms with van der Waals surface area (Å²) in [6, 6.07) is 14.4. The third-order valence-electron chi connectivity index (χ3n) is 3.60. The second-order valence-corrected chi connectivity index (χ2v) is 5.01. The average Bonchev–Trinajstić information content (AvgIpc) is 2.55. The summed E-state index contributed by atoms with van der Waals surface area (Å²) in [5, 5.41) is 9.22. The van der Waals surface area contributed by atoms with E-state index in [4.69, 9.17) is 0 Å². The van der Waals surface area contributed by atoms with Gasteiger partial charge in [0.2, 0.25) is 0 Å². The number of benzene rings is 2. The maximum absolute atomic E-state index is 12.0. The van der Waals surface area contributed by atoms with E-state index in [1.165, 1.54) is 17.8 Å². The molecule has 0 amide bonds. The van der Waals surface area contributed by atoms with Crippen LogP contribution in [0.5, 0.6) is 5.75 Å². The lowest BCUT2D eigenvalue weighted by Gasteiger charge is -2.20. The molecule has 0 aliphatic heterocycles. The number of ketones is 1. The van der Waals surface area contributed by atoms with Crippen LogP contribution < -0.4 is 4.90 Å². The van der Waals surface area contributed by atoms with Gasteiger partial charge >= 0.3 is 0 Å². The molecule has 2 aromatic carbocycles. The number of hydrogen-bond acceptors (Lipinski definition) is 3. The summed E-state index contributed by atoms with van der Waals surface area (Å²) < 4.78 is 0. The zero-order valence-corrected chi connectivity index (χ0v) is 13.0. The van der Waals surface area contributed by atoms with Gasteiger partial charge < -0.3 is 10.0 Å². The van der Waals surface area contributed by atoms with Crippen molar-refractivity contribution in [1.82, 2.24) is 0 Å². The van der Waals surface area contributed by atoms with E-state index in [2.05, 4.69) is 30.9 Å². The van der Waals surface area contributed by atoms with Gasteiger partial charge in [-0.3, -0.25) is 4.79 Å². The van der Waals surface area contributed by atoms with Gasteiger partial charge in [-0.15, -0.1) is 0 Å². The van der Waals surface area contributed by atoms with Gasteiger partial charge in [0, 0.05) is 24.3 Å². The predicted molar refractivity (Wildman–Crippen MR) is 91.5 cm³/mol. The van der Waals surface area contributed by atoms with Crippen molar-refractivity contribution in [1.29, 1.82) is 0 Å². The summed E-state index contributed by atoms with van der Waals surface area (Å²) in [6.07, 6.45) is 3.36. The van der Waals surface area contributed by atoms with Crippen molar-refractivity contribution in [3.05, 3.63) is 65.7 Å². The van der Waals surface area contributed by atoms with Crippen molar-refractivity contribution in [2.75, 3.05) is 18.0 Å². The fourth-order valence-corrected chi connectivity index (χ4v) is 2.28. The molecular formula is C19H21NO2. The van der Waals surface area contributed by atoms with E-state index >= 15 is 0 Å². The predicted octanol–water partition coefficient (Wildman–Crippen LogP) is 4.13. The van der Waals surface area contributed by atoms with E-state index in [1.807, 2.05) is 12.1 Å². The highest BCUT2D eigenvalue weighted by atomic mass is 16.3. The van der Waals surface area contributed by atoms with Crippen molar-refractivity contribution in [3.63, 3.8) is 0 Å². The Balaban J connectivity index is 2.06. The minimum atomic E-state index is -0.0761. The topological polar surface area (TPSA) is 40.5 Å². The van der Waals surface area contributed by atoms with Crippen molar-refractivity contribution in [2.24, 2.45) is 0 Å². The van der Waals surface area contributed by atoms with Crippen LogP contribution in [0.4, 0.5) is 5.69 Å². The van der Waals surface area contributed by atoms with Gasteiger partial charge in [0.25, 0.3) is 0 Å². The Bertz CT molecular complexity index is 638. The van der Waals surface area contributed by atoms with E-state index in [9.17, 15) is 9.90 Å². The molecule has 0 spiro atoms. The zero-order chi connectivity index (χ0) is 15.9. The number of phenolic OH excluding ortho intramolecular Hbond substituents is 1. The third-order valence-corrected chi connectivity index (χ3v) is 3.60. The van der Waals surface area contributed by atoms with Crippen molar-refractivity contribution in [2.45, 2.75) is 13.8 Å². The fraction of sp³-hybridized carbons (Fsp3) is 0.211. The van der Waals surface area contributed by atoms with Crippen LogP contribution in [-0.4, -0.2) is 24.0 Å². The van der Waals surface area contributed by atoms with E-state index in [-0.39, 0.29) is 11.5 Å². The Hall–Kier alpha value is -2.55. The lowest BCUT2D eigenvalue weighted by Crippen LogP contribution is -2.21. The molecule has 0 bridgehead atoms. The highest BCUT2D eigenvalue weighted by molar-refractivity contribution is 6.06. The molecule has 0 aliphatic rings. The number of hydrogen-bond donors (Lipinski definition) is 1. The number of nitrogens with zero attached hydrogens (tertiary/aromatic N) is 1. The van der Waals surface area contributed by atoms with Crippen LogP contribution in [0, 0.1) is 0 Å². The molecule has 3 nitrogen and oxygen atoms in total. The first-order chi connectivity index (χ1) is 10.6. The Morgan fingerprint density at radius 3 is 2.14 bits per heavy atom. The molecule has 0 unspecified atom stereocenters. The molecule has 22 heavy (non-hydrogen) atoms. The molecule has 2 aromatic rings. The lowest BCUT2D eigenvalue weighted by molar-refractivity contribution is 0.104. The van der Waals surface area contributed by atoms with Crippen LogP contribution in [0.2, 0.25) is 0 Å². The van der Waals surface area contributed by atoms with Crippen LogP contribution in [-0.2, 0) is 0 Å². The summed E-state index contributed by atoms with van der Waals surface area (Å²) in [7, 11) is 0. The minimum absolute atomic E-state index is 0.0761. The molecule has 1 N–H and O–H groups in total. The van der Waals surface area contributed by atoms with Crippen LogP contribution in [0.3, 0.4) is 0 Å². The van der Waals surface area contributed by atoms with Gasteiger partial charge in [0.15, 0.2) is 5.78 Å². The van der Waals surface area contributed by atoms with Gasteiger partial charge in [-0.05, 0) is 61.9 Å². The minimum Gasteiger partial charge on any atom is -0.508 e. The number of anilines is 1. The summed E-state index contributed by atoms with van der Waals surface area (Å²) in [4.78, 5) is 14.3. The Morgan fingerprint density at radius 2 is 1.59 bits per heavy atom. The smallest absolute Gasteiger partial charge is 0.185 e. The molecule has 0 saturated heterocycles. The quantitative estimate of drug-likeness (QED) is 0.643. The highest BCUT2D eigenvalue weighted by Crippen LogP contribution is 2.16. The number of rotatable bonds is 6. The molecule has 114 valence electrons. The number of aromatic hydroxyl groups is 1. The van der Waals surface area contributed by atoms with Gasteiger partial charge in [0.1, 0.15) is 5.75 Å². The first-order valence-electron chi connectivity index (χ1n) is 7.50. The number of phenols is 1. The molecule has 0 saturated carbocycles. The summed E-state index contributed by atoms with van der Waals surface area (Å²) in [6.45, 7) is 6.22. The van der Waals surface area contributed by atoms with E-state index in [1.54, 1.807) is 24.3 Å². The van der Waals surface area contributed by atoms with E-state index in [0.29, 0.717) is 5.56 Å². The SMILES string of the molecule is CCN(CC)c1ccc(C=CC(=O)c2ccc(O)cc2)cc1. The van der Waals surface area contributed by atoms with Gasteiger partial charge in [0.05, 0.1) is 0 Å². The first-order valence-corrected chi connectivity index (χ1v) is 7.50. The number of carbonyl (C=O) groups excluding carboxylic acids is 1. The monoisotopic (exact) mass is 295 g/mol. The summed E-state index contributed by atoms with van der Waals surface area (Å²) in [5.41, 5.74) is 2.74. The largest absolute Gasteiger partial charge is 0.508 e. The molecule has 0 heterocycles. The van der Waals surface area contributed by atoms with E-state index in [0.717, 1.165) is 18.7 Å². The van der Waals surface area contributed by atoms with E-state index < -0.39 is 0 Å². The van der Waals surface area contributed by atoms with Gasteiger partial charge in [-0.25, -0.2) is 0 Å². The molecule has 2 rings (SSSR count). The highest BCUT2D eigenvalue weighted by Gasteiger charge is 2.02. The van der Waals surface area contributed by atoms with Gasteiger partial charge in [-0.1, -0.05) is 18.2 Å². The molecule has 3 heteroatoms. The van der Waals surface area contributed by atoms with Crippen LogP contribution in [0.15, 0.2) is 54.6 Å². The molecule has 0 radical (unpaired) electrons. The van der Waals surface area contributed by atoms with Crippen LogP contribution in [0.1, 0.15) is 29.8 Å². The van der Waals surface area contributed by atoms with Gasteiger partial charge in [-0.2, -0.15) is 0 Å². The lowest BCUT2D eigenvalue weighted by atomic mass is 10.1. The second-order valence-electron chi connectivity index (χ2n) is 5.01. The van der Waals surface area contributed by atoms with Crippen molar-refractivity contribution in [3.8, 4) is 5.75 Å². The standard InChI is InChI=1S/C19H21NO2/c1-3-20(4-2)17-10-5-15(6-11-17)7-14-19(22)16-8-12-18(21)13-9-16/h5-14,21H,3-4H2,1-2H3.